The molecule has 0 aromatic carbocycles. The molecule has 2 rings (SSSR count). The smallest absolute Gasteiger partial charge is 0.00462 e. The van der Waals surface area contributed by atoms with Gasteiger partial charge in [-0.25, -0.2) is 0 Å². The highest BCUT2D eigenvalue weighted by atomic mass is 14.9. The predicted molar refractivity (Wildman–Crippen MR) is 55.8 cm³/mol. The van der Waals surface area contributed by atoms with E-state index in [9.17, 15) is 0 Å². The van der Waals surface area contributed by atoms with Crippen LogP contribution < -0.4 is 10.6 Å². The maximum absolute atomic E-state index is 3.50. The lowest BCUT2D eigenvalue weighted by molar-refractivity contribution is 0.241. The van der Waals surface area contributed by atoms with Crippen LogP contribution in [-0.4, -0.2) is 26.2 Å². The molecule has 1 unspecified atom stereocenters. The van der Waals surface area contributed by atoms with Gasteiger partial charge in [-0.2, -0.15) is 0 Å². The fourth-order valence-corrected chi connectivity index (χ4v) is 2.83. The molecule has 2 heteroatoms. The molecule has 2 aliphatic heterocycles. The number of rotatable bonds is 1. The van der Waals surface area contributed by atoms with Crippen molar-refractivity contribution in [3.63, 3.8) is 0 Å². The highest BCUT2D eigenvalue weighted by Crippen LogP contribution is 2.29. The van der Waals surface area contributed by atoms with Crippen LogP contribution in [0, 0.1) is 11.8 Å². The second-order valence-electron chi connectivity index (χ2n) is 4.53. The van der Waals surface area contributed by atoms with Crippen LogP contribution in [0.3, 0.4) is 0 Å². The summed E-state index contributed by atoms with van der Waals surface area (Å²) >= 11 is 0. The number of nitrogens with one attached hydrogen (secondary N) is 2. The third-order valence-electron chi connectivity index (χ3n) is 3.67. The van der Waals surface area contributed by atoms with Crippen molar-refractivity contribution in [3.05, 3.63) is 0 Å². The van der Waals surface area contributed by atoms with Crippen molar-refractivity contribution < 1.29 is 0 Å². The number of hydrogen-bond donors (Lipinski definition) is 2. The van der Waals surface area contributed by atoms with Crippen LogP contribution >= 0.6 is 0 Å². The predicted octanol–water partition coefficient (Wildman–Crippen LogP) is 1.38. The SMILES string of the molecule is C1CNCCC(C2CCNCC2)C1. The van der Waals surface area contributed by atoms with E-state index in [0.29, 0.717) is 0 Å². The quantitative estimate of drug-likeness (QED) is 0.640. The maximum atomic E-state index is 3.50. The zero-order chi connectivity index (χ0) is 8.93. The second-order valence-corrected chi connectivity index (χ2v) is 4.53. The van der Waals surface area contributed by atoms with Crippen LogP contribution in [0.25, 0.3) is 0 Å². The van der Waals surface area contributed by atoms with Gasteiger partial charge in [0.15, 0.2) is 0 Å². The average Bonchev–Trinajstić information content (AvgIpc) is 2.47. The molecule has 2 N–H and O–H groups in total. The largest absolute Gasteiger partial charge is 0.317 e. The molecule has 0 amide bonds. The standard InChI is InChI=1S/C11H22N2/c1-2-10(3-7-12-6-1)11-4-8-13-9-5-11/h10-13H,1-9H2. The van der Waals surface area contributed by atoms with E-state index in [-0.39, 0.29) is 0 Å². The first-order chi connectivity index (χ1) is 6.47. The average molecular weight is 182 g/mol. The third-order valence-corrected chi connectivity index (χ3v) is 3.67. The molecule has 2 saturated heterocycles. The van der Waals surface area contributed by atoms with Crippen molar-refractivity contribution in [2.45, 2.75) is 32.1 Å². The first kappa shape index (κ1) is 9.47. The van der Waals surface area contributed by atoms with Gasteiger partial charge in [0.05, 0.1) is 0 Å². The van der Waals surface area contributed by atoms with Crippen LogP contribution in [0.15, 0.2) is 0 Å². The Morgan fingerprint density at radius 3 is 1.85 bits per heavy atom. The fraction of sp³-hybridized carbons (Fsp3) is 1.00. The van der Waals surface area contributed by atoms with Gasteiger partial charge in [0.25, 0.3) is 0 Å². The van der Waals surface area contributed by atoms with Gasteiger partial charge in [0.1, 0.15) is 0 Å². The van der Waals surface area contributed by atoms with Gasteiger partial charge in [0.2, 0.25) is 0 Å². The normalized spacial score (nSPS) is 32.8. The van der Waals surface area contributed by atoms with Crippen molar-refractivity contribution in [3.8, 4) is 0 Å². The lowest BCUT2D eigenvalue weighted by Gasteiger charge is -2.29. The van der Waals surface area contributed by atoms with E-state index in [1.54, 1.807) is 0 Å². The summed E-state index contributed by atoms with van der Waals surface area (Å²) in [6.45, 7) is 5.03. The summed E-state index contributed by atoms with van der Waals surface area (Å²) in [7, 11) is 0. The Morgan fingerprint density at radius 2 is 1.15 bits per heavy atom. The Kier molecular flexibility index (Phi) is 3.62. The Bertz CT molecular complexity index is 133. The summed E-state index contributed by atoms with van der Waals surface area (Å²) < 4.78 is 0. The highest BCUT2D eigenvalue weighted by Gasteiger charge is 2.23. The summed E-state index contributed by atoms with van der Waals surface area (Å²) in [6.07, 6.45) is 7.13. The Hall–Kier alpha value is -0.0800. The number of piperidine rings is 1. The van der Waals surface area contributed by atoms with E-state index < -0.39 is 0 Å². The van der Waals surface area contributed by atoms with E-state index in [0.717, 1.165) is 11.8 Å². The lowest BCUT2D eigenvalue weighted by atomic mass is 9.81. The minimum Gasteiger partial charge on any atom is -0.317 e. The Balaban J connectivity index is 1.82. The first-order valence-corrected chi connectivity index (χ1v) is 5.88. The Labute approximate surface area is 81.5 Å². The Morgan fingerprint density at radius 1 is 0.615 bits per heavy atom. The summed E-state index contributed by atoms with van der Waals surface area (Å²) in [5.74, 6) is 2.05. The summed E-state index contributed by atoms with van der Waals surface area (Å²) in [6, 6.07) is 0. The summed E-state index contributed by atoms with van der Waals surface area (Å²) in [5.41, 5.74) is 0. The molecule has 0 saturated carbocycles. The molecule has 0 spiro atoms. The van der Waals surface area contributed by atoms with E-state index in [4.69, 9.17) is 0 Å². The van der Waals surface area contributed by atoms with Crippen LogP contribution in [-0.2, 0) is 0 Å². The monoisotopic (exact) mass is 182 g/mol. The fourth-order valence-electron chi connectivity index (χ4n) is 2.83. The molecule has 2 fully saturated rings. The van der Waals surface area contributed by atoms with Crippen molar-refractivity contribution in [1.82, 2.24) is 10.6 Å². The molecule has 1 atom stereocenters. The molecular formula is C11H22N2. The van der Waals surface area contributed by atoms with Gasteiger partial charge in [0, 0.05) is 0 Å². The summed E-state index contributed by atoms with van der Waals surface area (Å²) in [4.78, 5) is 0. The van der Waals surface area contributed by atoms with Gasteiger partial charge >= 0.3 is 0 Å². The topological polar surface area (TPSA) is 24.1 Å². The van der Waals surface area contributed by atoms with E-state index >= 15 is 0 Å². The van der Waals surface area contributed by atoms with Crippen molar-refractivity contribution >= 4 is 0 Å². The molecule has 0 aromatic heterocycles. The van der Waals surface area contributed by atoms with Crippen LogP contribution in [0.5, 0.6) is 0 Å². The molecule has 76 valence electrons. The van der Waals surface area contributed by atoms with Gasteiger partial charge < -0.3 is 10.6 Å². The van der Waals surface area contributed by atoms with Gasteiger partial charge in [-0.3, -0.25) is 0 Å². The first-order valence-electron chi connectivity index (χ1n) is 5.88. The van der Waals surface area contributed by atoms with E-state index in [1.165, 1.54) is 58.3 Å². The molecular weight excluding hydrogens is 160 g/mol. The van der Waals surface area contributed by atoms with Gasteiger partial charge in [-0.15, -0.1) is 0 Å². The molecule has 0 bridgehead atoms. The molecule has 13 heavy (non-hydrogen) atoms. The second kappa shape index (κ2) is 4.97. The van der Waals surface area contributed by atoms with E-state index in [1.807, 2.05) is 0 Å². The van der Waals surface area contributed by atoms with Crippen LogP contribution in [0.1, 0.15) is 32.1 Å². The van der Waals surface area contributed by atoms with Crippen LogP contribution in [0.2, 0.25) is 0 Å². The maximum Gasteiger partial charge on any atom is -0.00462 e. The number of hydrogen-bond acceptors (Lipinski definition) is 2. The highest BCUT2D eigenvalue weighted by molar-refractivity contribution is 4.78. The van der Waals surface area contributed by atoms with Crippen molar-refractivity contribution in [2.75, 3.05) is 26.2 Å². The molecule has 2 aliphatic rings. The molecule has 0 aliphatic carbocycles. The molecule has 0 aromatic rings. The zero-order valence-electron chi connectivity index (χ0n) is 8.52. The third kappa shape index (κ3) is 2.68. The van der Waals surface area contributed by atoms with Gasteiger partial charge in [-0.1, -0.05) is 0 Å². The van der Waals surface area contributed by atoms with E-state index in [2.05, 4.69) is 10.6 Å². The minimum absolute atomic E-state index is 1.03. The van der Waals surface area contributed by atoms with Crippen molar-refractivity contribution in [1.29, 1.82) is 0 Å². The van der Waals surface area contributed by atoms with Crippen molar-refractivity contribution in [2.24, 2.45) is 11.8 Å². The van der Waals surface area contributed by atoms with Crippen LogP contribution in [0.4, 0.5) is 0 Å². The molecule has 2 heterocycles. The summed E-state index contributed by atoms with van der Waals surface area (Å²) in [5, 5.41) is 6.95. The van der Waals surface area contributed by atoms with Gasteiger partial charge in [-0.05, 0) is 70.1 Å². The zero-order valence-corrected chi connectivity index (χ0v) is 8.52. The molecule has 2 nitrogen and oxygen atoms in total. The lowest BCUT2D eigenvalue weighted by Crippen LogP contribution is -2.32. The molecule has 0 radical (unpaired) electrons. The minimum atomic E-state index is 1.03.